The van der Waals surface area contributed by atoms with Gasteiger partial charge in [-0.1, -0.05) is 0 Å². The molecule has 0 aliphatic rings. The van der Waals surface area contributed by atoms with E-state index in [-0.39, 0.29) is 36.7 Å². The number of carbonyl (C=O) groups is 1. The van der Waals surface area contributed by atoms with Gasteiger partial charge in [0.15, 0.2) is 22.9 Å². The normalized spacial score (nSPS) is 12.6. The van der Waals surface area contributed by atoms with E-state index in [1.54, 1.807) is 54.9 Å². The van der Waals surface area contributed by atoms with Gasteiger partial charge in [0.25, 0.3) is 0 Å². The van der Waals surface area contributed by atoms with E-state index in [0.29, 0.717) is 44.6 Å². The summed E-state index contributed by atoms with van der Waals surface area (Å²) in [7, 11) is 2.94. The van der Waals surface area contributed by atoms with Gasteiger partial charge < -0.3 is 19.3 Å². The minimum Gasteiger partial charge on any atom is -0.494 e. The van der Waals surface area contributed by atoms with Crippen molar-refractivity contribution < 1.29 is 32.9 Å². The number of rotatable bonds is 12. The molecule has 7 nitrogen and oxygen atoms in total. The van der Waals surface area contributed by atoms with Crippen LogP contribution in [0.1, 0.15) is 39.5 Å². The largest absolute Gasteiger partial charge is 0.494 e. The van der Waals surface area contributed by atoms with Crippen molar-refractivity contribution in [1.82, 2.24) is 9.97 Å². The number of hydrogen-bond donors (Lipinski definition) is 1. The zero-order valence-electron chi connectivity index (χ0n) is 21.7. The number of ketones is 1. The second-order valence-corrected chi connectivity index (χ2v) is 9.63. The fourth-order valence-electron chi connectivity index (χ4n) is 4.16. The SMILES string of the molecule is COc1cc(C(=O)CCC(O)(c2ccc(OC)c(-c3ccc(F)c(C)c3)n2)c2nccs2)ccc1OCCF. The summed E-state index contributed by atoms with van der Waals surface area (Å²) in [5.74, 6) is 0.496. The number of nitrogens with zero attached hydrogens (tertiary/aromatic N) is 2. The molecule has 1 N–H and O–H groups in total. The van der Waals surface area contributed by atoms with Crippen molar-refractivity contribution in [1.29, 1.82) is 0 Å². The summed E-state index contributed by atoms with van der Waals surface area (Å²) in [5, 5.41) is 14.1. The van der Waals surface area contributed by atoms with Crippen LogP contribution in [0.25, 0.3) is 11.3 Å². The number of methoxy groups -OCH3 is 2. The van der Waals surface area contributed by atoms with E-state index >= 15 is 0 Å². The van der Waals surface area contributed by atoms with Crippen molar-refractivity contribution in [3.8, 4) is 28.5 Å². The predicted molar refractivity (Wildman–Crippen MR) is 144 cm³/mol. The number of benzene rings is 2. The number of aliphatic hydroxyl groups is 1. The first-order chi connectivity index (χ1) is 18.8. The Balaban J connectivity index is 1.67. The van der Waals surface area contributed by atoms with Crippen molar-refractivity contribution >= 4 is 17.1 Å². The maximum absolute atomic E-state index is 13.9. The van der Waals surface area contributed by atoms with Crippen molar-refractivity contribution in [2.45, 2.75) is 25.4 Å². The molecule has 1 unspecified atom stereocenters. The second kappa shape index (κ2) is 12.3. The molecule has 0 bridgehead atoms. The van der Waals surface area contributed by atoms with E-state index in [1.165, 1.54) is 37.7 Å². The molecule has 0 aliphatic heterocycles. The number of carbonyl (C=O) groups excluding carboxylic acids is 1. The minimum atomic E-state index is -1.69. The molecule has 0 fully saturated rings. The number of Topliss-reactive ketones (excluding diaryl/α,β-unsaturated/α-hetero) is 1. The van der Waals surface area contributed by atoms with E-state index < -0.39 is 12.3 Å². The third kappa shape index (κ3) is 6.07. The van der Waals surface area contributed by atoms with Crippen LogP contribution in [0.5, 0.6) is 17.2 Å². The number of pyridine rings is 1. The topological polar surface area (TPSA) is 90.8 Å². The number of halogens is 2. The number of thiazole rings is 1. The molecule has 2 heterocycles. The van der Waals surface area contributed by atoms with Crippen LogP contribution in [0.4, 0.5) is 8.78 Å². The van der Waals surface area contributed by atoms with Gasteiger partial charge >= 0.3 is 0 Å². The summed E-state index contributed by atoms with van der Waals surface area (Å²) in [6, 6.07) is 12.6. The molecule has 0 saturated carbocycles. The van der Waals surface area contributed by atoms with Gasteiger partial charge in [0.1, 0.15) is 35.5 Å². The number of alkyl halides is 1. The van der Waals surface area contributed by atoms with Crippen molar-refractivity contribution in [3.63, 3.8) is 0 Å². The van der Waals surface area contributed by atoms with Gasteiger partial charge in [0.2, 0.25) is 0 Å². The van der Waals surface area contributed by atoms with Gasteiger partial charge in [0.05, 0.1) is 19.9 Å². The van der Waals surface area contributed by atoms with Gasteiger partial charge in [-0.15, -0.1) is 11.3 Å². The van der Waals surface area contributed by atoms with Crippen LogP contribution in [0.15, 0.2) is 60.1 Å². The molecule has 0 aliphatic carbocycles. The van der Waals surface area contributed by atoms with Crippen LogP contribution < -0.4 is 14.2 Å². The van der Waals surface area contributed by atoms with Crippen LogP contribution in [-0.4, -0.2) is 48.4 Å². The van der Waals surface area contributed by atoms with E-state index in [9.17, 15) is 18.7 Å². The number of ether oxygens (including phenoxy) is 3. The van der Waals surface area contributed by atoms with E-state index in [2.05, 4.69) is 4.98 Å². The average molecular weight is 555 g/mol. The molecule has 0 radical (unpaired) electrons. The number of aromatic nitrogens is 2. The second-order valence-electron chi connectivity index (χ2n) is 8.74. The Morgan fingerprint density at radius 2 is 1.82 bits per heavy atom. The predicted octanol–water partition coefficient (Wildman–Crippen LogP) is 5.92. The van der Waals surface area contributed by atoms with E-state index in [4.69, 9.17) is 19.2 Å². The summed E-state index contributed by atoms with van der Waals surface area (Å²) in [6.07, 6.45) is 1.52. The quantitative estimate of drug-likeness (QED) is 0.218. The molecular weight excluding hydrogens is 526 g/mol. The van der Waals surface area contributed by atoms with Gasteiger partial charge in [-0.3, -0.25) is 4.79 Å². The van der Waals surface area contributed by atoms with Gasteiger partial charge in [-0.05, 0) is 67.4 Å². The van der Waals surface area contributed by atoms with Crippen LogP contribution in [0.3, 0.4) is 0 Å². The fourth-order valence-corrected chi connectivity index (χ4v) is 4.93. The molecule has 10 heteroatoms. The summed E-state index contributed by atoms with van der Waals surface area (Å²) < 4.78 is 42.5. The number of aryl methyl sites for hydroxylation is 1. The smallest absolute Gasteiger partial charge is 0.163 e. The lowest BCUT2D eigenvalue weighted by Gasteiger charge is -2.26. The van der Waals surface area contributed by atoms with E-state index in [1.807, 2.05) is 0 Å². The van der Waals surface area contributed by atoms with Gasteiger partial charge in [0, 0.05) is 29.1 Å². The lowest BCUT2D eigenvalue weighted by molar-refractivity contribution is 0.0595. The zero-order chi connectivity index (χ0) is 28.0. The molecule has 0 saturated heterocycles. The molecule has 1 atom stereocenters. The van der Waals surface area contributed by atoms with Gasteiger partial charge in [-0.25, -0.2) is 18.7 Å². The standard InChI is InChI=1S/C29H28F2N2O5S/c1-18-16-20(4-6-21(18)31)27-24(36-2)8-9-26(33-27)29(35,28-32-13-15-39-28)11-10-22(34)19-5-7-23(38-14-12-30)25(17-19)37-3/h4-9,13,15-17,35H,10-12,14H2,1-3H3. The Morgan fingerprint density at radius 3 is 2.49 bits per heavy atom. The molecule has 204 valence electrons. The lowest BCUT2D eigenvalue weighted by Crippen LogP contribution is -2.29. The minimum absolute atomic E-state index is 0.0109. The first kappa shape index (κ1) is 28.1. The maximum Gasteiger partial charge on any atom is 0.163 e. The lowest BCUT2D eigenvalue weighted by atomic mass is 9.90. The van der Waals surface area contributed by atoms with Crippen molar-refractivity contribution in [2.24, 2.45) is 0 Å². The van der Waals surface area contributed by atoms with Crippen LogP contribution in [0.2, 0.25) is 0 Å². The summed E-state index contributed by atoms with van der Waals surface area (Å²) in [5.41, 5.74) is 0.426. The first-order valence-electron chi connectivity index (χ1n) is 12.1. The molecule has 2 aromatic carbocycles. The monoisotopic (exact) mass is 554 g/mol. The third-order valence-electron chi connectivity index (χ3n) is 6.25. The van der Waals surface area contributed by atoms with Crippen molar-refractivity contribution in [2.75, 3.05) is 27.5 Å². The number of hydrogen-bond acceptors (Lipinski definition) is 8. The highest BCUT2D eigenvalue weighted by Gasteiger charge is 2.37. The van der Waals surface area contributed by atoms with Gasteiger partial charge in [-0.2, -0.15) is 0 Å². The third-order valence-corrected chi connectivity index (χ3v) is 7.18. The molecule has 4 aromatic rings. The molecule has 39 heavy (non-hydrogen) atoms. The maximum atomic E-state index is 13.9. The van der Waals surface area contributed by atoms with Crippen molar-refractivity contribution in [3.05, 3.63) is 87.8 Å². The molecule has 4 rings (SSSR count). The Morgan fingerprint density at radius 1 is 1.05 bits per heavy atom. The Labute approximate surface area is 229 Å². The van der Waals surface area contributed by atoms with Crippen LogP contribution >= 0.6 is 11.3 Å². The molecule has 2 aromatic heterocycles. The summed E-state index contributed by atoms with van der Waals surface area (Å²) in [4.78, 5) is 22.2. The zero-order valence-corrected chi connectivity index (χ0v) is 22.6. The summed E-state index contributed by atoms with van der Waals surface area (Å²) in [6.45, 7) is 0.876. The first-order valence-corrected chi connectivity index (χ1v) is 13.0. The summed E-state index contributed by atoms with van der Waals surface area (Å²) >= 11 is 1.24. The molecular formula is C29H28F2N2O5S. The average Bonchev–Trinajstić information content (AvgIpc) is 3.51. The Kier molecular flexibility index (Phi) is 8.88. The molecule has 0 spiro atoms. The fraction of sp³-hybridized carbons (Fsp3) is 0.276. The highest BCUT2D eigenvalue weighted by Crippen LogP contribution is 2.39. The highest BCUT2D eigenvalue weighted by molar-refractivity contribution is 7.09. The highest BCUT2D eigenvalue weighted by atomic mass is 32.1. The van der Waals surface area contributed by atoms with E-state index in [0.717, 1.165) is 0 Å². The Hall–Kier alpha value is -3.89. The van der Waals surface area contributed by atoms with Crippen LogP contribution in [-0.2, 0) is 5.60 Å². The van der Waals surface area contributed by atoms with Crippen LogP contribution in [0, 0.1) is 12.7 Å². The Bertz CT molecular complexity index is 1450. The molecule has 0 amide bonds.